The summed E-state index contributed by atoms with van der Waals surface area (Å²) in [5.74, 6) is -0.0494. The minimum Gasteiger partial charge on any atom is -0.380 e. The van der Waals surface area contributed by atoms with Gasteiger partial charge in [-0.2, -0.15) is 0 Å². The van der Waals surface area contributed by atoms with Gasteiger partial charge in [0.15, 0.2) is 0 Å². The van der Waals surface area contributed by atoms with Crippen molar-refractivity contribution in [2.75, 3.05) is 10.6 Å². The Balaban J connectivity index is 1.74. The van der Waals surface area contributed by atoms with Gasteiger partial charge in [-0.1, -0.05) is 22.9 Å². The van der Waals surface area contributed by atoms with Gasteiger partial charge in [-0.25, -0.2) is 0 Å². The number of fused-ring (bicyclic) bond motifs is 1. The van der Waals surface area contributed by atoms with Crippen LogP contribution in [0.15, 0.2) is 23.6 Å². The molecule has 21 heavy (non-hydrogen) atoms. The molecule has 0 fully saturated rings. The Morgan fingerprint density at radius 2 is 2.24 bits per heavy atom. The normalized spacial score (nSPS) is 12.9. The van der Waals surface area contributed by atoms with Gasteiger partial charge in [0.05, 0.1) is 22.1 Å². The van der Waals surface area contributed by atoms with Gasteiger partial charge in [0, 0.05) is 23.7 Å². The van der Waals surface area contributed by atoms with Crippen LogP contribution < -0.4 is 10.6 Å². The Bertz CT molecular complexity index is 744. The van der Waals surface area contributed by atoms with E-state index in [2.05, 4.69) is 10.6 Å². The highest BCUT2D eigenvalue weighted by molar-refractivity contribution is 7.13. The van der Waals surface area contributed by atoms with Gasteiger partial charge in [-0.05, 0) is 23.3 Å². The van der Waals surface area contributed by atoms with Crippen LogP contribution in [0.3, 0.4) is 0 Å². The fraction of sp³-hybridized carbons (Fsp3) is 0.154. The number of hydrogen-bond acceptors (Lipinski definition) is 5. The van der Waals surface area contributed by atoms with E-state index in [9.17, 15) is 14.9 Å². The molecular formula is C13H10ClN3O3S. The number of nitrogens with zero attached hydrogens (tertiary/aromatic N) is 1. The largest absolute Gasteiger partial charge is 0.380 e. The minimum absolute atomic E-state index is 0.0494. The molecule has 0 radical (unpaired) electrons. The molecular weight excluding hydrogens is 314 g/mol. The summed E-state index contributed by atoms with van der Waals surface area (Å²) >= 11 is 7.25. The number of nitrogens with one attached hydrogen (secondary N) is 2. The second-order valence-electron chi connectivity index (χ2n) is 4.62. The van der Waals surface area contributed by atoms with Crippen molar-refractivity contribution in [3.8, 4) is 0 Å². The number of benzene rings is 1. The first kappa shape index (κ1) is 13.8. The molecule has 3 rings (SSSR count). The van der Waals surface area contributed by atoms with Gasteiger partial charge in [-0.3, -0.25) is 14.9 Å². The Hall–Kier alpha value is -2.12. The van der Waals surface area contributed by atoms with Crippen LogP contribution in [0.1, 0.15) is 11.1 Å². The lowest BCUT2D eigenvalue weighted by Gasteiger charge is -2.09. The third kappa shape index (κ3) is 2.84. The fourth-order valence-corrected chi connectivity index (χ4v) is 3.09. The predicted molar refractivity (Wildman–Crippen MR) is 82.1 cm³/mol. The van der Waals surface area contributed by atoms with E-state index in [1.165, 1.54) is 6.07 Å². The first-order valence-corrected chi connectivity index (χ1v) is 7.36. The summed E-state index contributed by atoms with van der Waals surface area (Å²) < 4.78 is 0. The van der Waals surface area contributed by atoms with Crippen LogP contribution in [0, 0.1) is 10.1 Å². The highest BCUT2D eigenvalue weighted by Crippen LogP contribution is 2.33. The van der Waals surface area contributed by atoms with Crippen LogP contribution in [0.2, 0.25) is 5.02 Å². The van der Waals surface area contributed by atoms with Gasteiger partial charge in [0.1, 0.15) is 0 Å². The lowest BCUT2D eigenvalue weighted by Crippen LogP contribution is -2.03. The third-order valence-electron chi connectivity index (χ3n) is 3.12. The molecule has 0 atom stereocenters. The summed E-state index contributed by atoms with van der Waals surface area (Å²) in [5.41, 5.74) is 3.16. The van der Waals surface area contributed by atoms with Crippen LogP contribution in [-0.4, -0.2) is 10.8 Å². The molecule has 8 heteroatoms. The zero-order valence-electron chi connectivity index (χ0n) is 10.7. The number of rotatable bonds is 4. The molecule has 1 aromatic carbocycles. The van der Waals surface area contributed by atoms with E-state index in [4.69, 9.17) is 11.6 Å². The van der Waals surface area contributed by atoms with Gasteiger partial charge >= 0.3 is 5.00 Å². The maximum atomic E-state index is 11.3. The molecule has 6 nitrogen and oxygen atoms in total. The summed E-state index contributed by atoms with van der Waals surface area (Å²) in [4.78, 5) is 21.6. The molecule has 2 aromatic rings. The maximum Gasteiger partial charge on any atom is 0.324 e. The minimum atomic E-state index is -0.409. The summed E-state index contributed by atoms with van der Waals surface area (Å²) in [5, 5.41) is 18.9. The number of hydrogen-bond donors (Lipinski definition) is 2. The molecule has 1 aromatic heterocycles. The Morgan fingerprint density at radius 3 is 2.95 bits per heavy atom. The monoisotopic (exact) mass is 323 g/mol. The summed E-state index contributed by atoms with van der Waals surface area (Å²) in [6, 6.07) is 5.07. The Morgan fingerprint density at radius 1 is 1.43 bits per heavy atom. The lowest BCUT2D eigenvalue weighted by atomic mass is 10.1. The van der Waals surface area contributed by atoms with Crippen molar-refractivity contribution in [3.63, 3.8) is 0 Å². The topological polar surface area (TPSA) is 84.3 Å². The third-order valence-corrected chi connectivity index (χ3v) is 4.36. The molecule has 108 valence electrons. The predicted octanol–water partition coefficient (Wildman–Crippen LogP) is 3.42. The molecule has 1 aliphatic rings. The number of carbonyl (C=O) groups excluding carboxylic acids is 1. The first-order chi connectivity index (χ1) is 10.0. The van der Waals surface area contributed by atoms with Gasteiger partial charge < -0.3 is 10.6 Å². The molecule has 2 N–H and O–H groups in total. The van der Waals surface area contributed by atoms with Gasteiger partial charge in [0.25, 0.3) is 0 Å². The van der Waals surface area contributed by atoms with E-state index < -0.39 is 4.92 Å². The number of nitro groups is 1. The van der Waals surface area contributed by atoms with Crippen molar-refractivity contribution in [2.24, 2.45) is 0 Å². The van der Waals surface area contributed by atoms with Crippen molar-refractivity contribution in [1.82, 2.24) is 0 Å². The fourth-order valence-electron chi connectivity index (χ4n) is 2.13. The lowest BCUT2D eigenvalue weighted by molar-refractivity contribution is -0.380. The van der Waals surface area contributed by atoms with Crippen LogP contribution in [0.5, 0.6) is 0 Å². The molecule has 1 amide bonds. The highest BCUT2D eigenvalue weighted by Gasteiger charge is 2.19. The molecule has 0 saturated heterocycles. The molecule has 0 bridgehead atoms. The summed E-state index contributed by atoms with van der Waals surface area (Å²) in [6.07, 6.45) is 0.338. The van der Waals surface area contributed by atoms with Crippen molar-refractivity contribution in [3.05, 3.63) is 49.8 Å². The molecule has 0 unspecified atom stereocenters. The second kappa shape index (κ2) is 5.34. The van der Waals surface area contributed by atoms with E-state index >= 15 is 0 Å². The van der Waals surface area contributed by atoms with Crippen LogP contribution in [-0.2, 0) is 17.8 Å². The van der Waals surface area contributed by atoms with E-state index in [0.717, 1.165) is 28.2 Å². The molecule has 0 spiro atoms. The second-order valence-corrected chi connectivity index (χ2v) is 5.91. The van der Waals surface area contributed by atoms with E-state index in [-0.39, 0.29) is 10.9 Å². The molecule has 2 heterocycles. The van der Waals surface area contributed by atoms with Crippen LogP contribution >= 0.6 is 22.9 Å². The van der Waals surface area contributed by atoms with Crippen molar-refractivity contribution in [2.45, 2.75) is 13.0 Å². The van der Waals surface area contributed by atoms with E-state index in [0.29, 0.717) is 23.7 Å². The number of halogens is 1. The van der Waals surface area contributed by atoms with Crippen molar-refractivity contribution < 1.29 is 9.72 Å². The zero-order valence-corrected chi connectivity index (χ0v) is 12.3. The SMILES string of the molecule is O=C1Cc2cc(NCc3csc([N+](=O)[O-])c3)c(Cl)cc2N1. The zero-order chi connectivity index (χ0) is 15.0. The van der Waals surface area contributed by atoms with Gasteiger partial charge in [-0.15, -0.1) is 0 Å². The van der Waals surface area contributed by atoms with Crippen LogP contribution in [0.4, 0.5) is 16.4 Å². The Kier molecular flexibility index (Phi) is 3.52. The maximum absolute atomic E-state index is 11.3. The summed E-state index contributed by atoms with van der Waals surface area (Å²) in [6.45, 7) is 0.435. The average molecular weight is 324 g/mol. The van der Waals surface area contributed by atoms with Crippen LogP contribution in [0.25, 0.3) is 0 Å². The molecule has 0 aliphatic carbocycles. The number of anilines is 2. The highest BCUT2D eigenvalue weighted by atomic mass is 35.5. The standard InChI is InChI=1S/C13H10ClN3O3S/c14-9-4-10-8(3-12(18)16-10)2-11(9)15-5-7-1-13(17(19)20)21-6-7/h1-2,4,6,15H,3,5H2,(H,16,18). The average Bonchev–Trinajstić information content (AvgIpc) is 3.01. The molecule has 1 aliphatic heterocycles. The summed E-state index contributed by atoms with van der Waals surface area (Å²) in [7, 11) is 0. The number of carbonyl (C=O) groups is 1. The first-order valence-electron chi connectivity index (χ1n) is 6.11. The van der Waals surface area contributed by atoms with E-state index in [1.54, 1.807) is 11.4 Å². The molecule has 0 saturated carbocycles. The smallest absolute Gasteiger partial charge is 0.324 e. The number of amides is 1. The van der Waals surface area contributed by atoms with E-state index in [1.807, 2.05) is 6.07 Å². The van der Waals surface area contributed by atoms with Gasteiger partial charge in [0.2, 0.25) is 5.91 Å². The number of thiophene rings is 1. The van der Waals surface area contributed by atoms with Crippen molar-refractivity contribution in [1.29, 1.82) is 0 Å². The van der Waals surface area contributed by atoms with Crippen molar-refractivity contribution >= 4 is 45.2 Å². The Labute approximate surface area is 128 Å². The quantitative estimate of drug-likeness (QED) is 0.667.